The molecule has 2 aromatic heterocycles. The van der Waals surface area contributed by atoms with Crippen LogP contribution in [-0.4, -0.2) is 18.2 Å². The van der Waals surface area contributed by atoms with Crippen LogP contribution in [-0.2, 0) is 16.6 Å². The number of thiophene rings is 1. The largest absolute Gasteiger partial charge is 0.276 e. The number of aryl methyl sites for hydroxylation is 1. The molecule has 0 atom stereocenters. The number of halogens is 1. The molecule has 0 bridgehead atoms. The fourth-order valence-electron chi connectivity index (χ4n) is 1.26. The molecule has 8 heteroatoms. The first kappa shape index (κ1) is 12.6. The lowest BCUT2D eigenvalue weighted by Gasteiger charge is -2.03. The first-order chi connectivity index (χ1) is 8.03. The van der Waals surface area contributed by atoms with Crippen LogP contribution in [0.25, 0.3) is 0 Å². The lowest BCUT2D eigenvalue weighted by molar-refractivity contribution is 0.603. The summed E-state index contributed by atoms with van der Waals surface area (Å²) in [6, 6.07) is 1.70. The number of sulfonamides is 1. The van der Waals surface area contributed by atoms with Gasteiger partial charge >= 0.3 is 0 Å². The Morgan fingerprint density at radius 3 is 2.88 bits per heavy atom. The van der Waals surface area contributed by atoms with Crippen LogP contribution in [0.4, 0.5) is 5.69 Å². The topological polar surface area (TPSA) is 64.0 Å². The van der Waals surface area contributed by atoms with Gasteiger partial charge in [0.2, 0.25) is 0 Å². The van der Waals surface area contributed by atoms with Crippen molar-refractivity contribution >= 4 is 43.0 Å². The van der Waals surface area contributed by atoms with Gasteiger partial charge in [-0.25, -0.2) is 8.42 Å². The van der Waals surface area contributed by atoms with Gasteiger partial charge in [0.25, 0.3) is 10.0 Å². The molecule has 0 aromatic carbocycles. The zero-order chi connectivity index (χ0) is 12.5. The van der Waals surface area contributed by atoms with Crippen LogP contribution in [0.1, 0.15) is 6.92 Å². The van der Waals surface area contributed by atoms with Crippen molar-refractivity contribution in [1.29, 1.82) is 0 Å². The number of hydrogen-bond donors (Lipinski definition) is 1. The molecular formula is C9H10BrN3O2S2. The minimum absolute atomic E-state index is 0.266. The third-order valence-electron chi connectivity index (χ3n) is 2.04. The summed E-state index contributed by atoms with van der Waals surface area (Å²) in [5, 5.41) is 5.72. The van der Waals surface area contributed by atoms with E-state index >= 15 is 0 Å². The van der Waals surface area contributed by atoms with Crippen molar-refractivity contribution in [2.45, 2.75) is 17.7 Å². The van der Waals surface area contributed by atoms with Crippen molar-refractivity contribution in [3.63, 3.8) is 0 Å². The Bertz CT molecular complexity index is 618. The molecule has 0 amide bonds. The highest BCUT2D eigenvalue weighted by atomic mass is 79.9. The van der Waals surface area contributed by atoms with Gasteiger partial charge < -0.3 is 0 Å². The number of anilines is 1. The maximum atomic E-state index is 12.0. The first-order valence-electron chi connectivity index (χ1n) is 4.81. The normalized spacial score (nSPS) is 11.6. The highest BCUT2D eigenvalue weighted by Crippen LogP contribution is 2.29. The van der Waals surface area contributed by atoms with Gasteiger partial charge in [-0.3, -0.25) is 9.40 Å². The van der Waals surface area contributed by atoms with E-state index in [1.54, 1.807) is 22.3 Å². The van der Waals surface area contributed by atoms with Crippen LogP contribution in [0.15, 0.2) is 32.5 Å². The third-order valence-corrected chi connectivity index (χ3v) is 6.09. The predicted octanol–water partition coefficient (Wildman–Crippen LogP) is 2.53. The van der Waals surface area contributed by atoms with E-state index in [1.165, 1.54) is 6.20 Å². The van der Waals surface area contributed by atoms with Crippen LogP contribution in [0.5, 0.6) is 0 Å². The summed E-state index contributed by atoms with van der Waals surface area (Å²) in [5.41, 5.74) is 0.465. The van der Waals surface area contributed by atoms with Gasteiger partial charge in [0.05, 0.1) is 11.9 Å². The summed E-state index contributed by atoms with van der Waals surface area (Å²) in [6.07, 6.45) is 3.14. The Labute approximate surface area is 112 Å². The van der Waals surface area contributed by atoms with E-state index in [0.29, 0.717) is 16.7 Å². The lowest BCUT2D eigenvalue weighted by atomic mass is 10.6. The minimum Gasteiger partial charge on any atom is -0.276 e. The maximum absolute atomic E-state index is 12.0. The summed E-state index contributed by atoms with van der Waals surface area (Å²) < 4.78 is 29.0. The Balaban J connectivity index is 2.26. The van der Waals surface area contributed by atoms with Gasteiger partial charge in [0.1, 0.15) is 0 Å². The van der Waals surface area contributed by atoms with Crippen molar-refractivity contribution in [3.05, 3.63) is 28.3 Å². The Kier molecular flexibility index (Phi) is 3.55. The van der Waals surface area contributed by atoms with Crippen LogP contribution in [0.2, 0.25) is 0 Å². The predicted molar refractivity (Wildman–Crippen MR) is 70.7 cm³/mol. The fraction of sp³-hybridized carbons (Fsp3) is 0.222. The molecule has 17 heavy (non-hydrogen) atoms. The second-order valence-electron chi connectivity index (χ2n) is 3.25. The molecule has 0 unspecified atom stereocenters. The molecule has 0 saturated carbocycles. The molecule has 92 valence electrons. The molecule has 2 aromatic rings. The molecule has 0 aliphatic carbocycles. The van der Waals surface area contributed by atoms with E-state index in [1.807, 2.05) is 6.92 Å². The van der Waals surface area contributed by atoms with Crippen LogP contribution < -0.4 is 4.72 Å². The average molecular weight is 336 g/mol. The van der Waals surface area contributed by atoms with E-state index in [2.05, 4.69) is 25.8 Å². The third kappa shape index (κ3) is 2.70. The monoisotopic (exact) mass is 335 g/mol. The molecule has 0 fully saturated rings. The number of nitrogens with one attached hydrogen (secondary N) is 1. The second-order valence-corrected chi connectivity index (χ2v) is 6.89. The highest BCUT2D eigenvalue weighted by molar-refractivity contribution is 9.10. The molecule has 5 nitrogen and oxygen atoms in total. The van der Waals surface area contributed by atoms with Gasteiger partial charge in [-0.1, -0.05) is 0 Å². The van der Waals surface area contributed by atoms with Crippen LogP contribution in [0.3, 0.4) is 0 Å². The molecule has 2 heterocycles. The van der Waals surface area contributed by atoms with E-state index in [9.17, 15) is 8.42 Å². The average Bonchev–Trinajstić information content (AvgIpc) is 2.86. The van der Waals surface area contributed by atoms with Crippen molar-refractivity contribution < 1.29 is 8.42 Å². The summed E-state index contributed by atoms with van der Waals surface area (Å²) >= 11 is 4.37. The maximum Gasteiger partial charge on any atom is 0.272 e. The zero-order valence-corrected chi connectivity index (χ0v) is 12.1. The first-order valence-corrected chi connectivity index (χ1v) is 7.97. The number of hydrogen-bond acceptors (Lipinski definition) is 4. The fourth-order valence-corrected chi connectivity index (χ4v) is 4.63. The molecule has 0 aliphatic heterocycles. The summed E-state index contributed by atoms with van der Waals surface area (Å²) in [7, 11) is -3.53. The van der Waals surface area contributed by atoms with E-state index in [4.69, 9.17) is 0 Å². The standard InChI is InChI=1S/C9H10BrN3O2S2/c1-2-13-6-7(5-11-13)12-17(14,15)9-8(10)3-4-16-9/h3-6,12H,2H2,1H3. The Morgan fingerprint density at radius 1 is 1.59 bits per heavy atom. The number of rotatable bonds is 4. The second kappa shape index (κ2) is 4.79. The highest BCUT2D eigenvalue weighted by Gasteiger charge is 2.19. The Morgan fingerprint density at radius 2 is 2.35 bits per heavy atom. The van der Waals surface area contributed by atoms with Crippen LogP contribution in [0, 0.1) is 0 Å². The zero-order valence-electron chi connectivity index (χ0n) is 8.92. The molecule has 0 radical (unpaired) electrons. The van der Waals surface area contributed by atoms with Gasteiger partial charge in [-0.2, -0.15) is 5.10 Å². The molecule has 1 N–H and O–H groups in total. The van der Waals surface area contributed by atoms with Crippen molar-refractivity contribution in [2.75, 3.05) is 4.72 Å². The molecular weight excluding hydrogens is 326 g/mol. The van der Waals surface area contributed by atoms with Crippen LogP contribution >= 0.6 is 27.3 Å². The number of aromatic nitrogens is 2. The summed E-state index contributed by atoms with van der Waals surface area (Å²) in [5.74, 6) is 0. The van der Waals surface area contributed by atoms with Crippen molar-refractivity contribution in [2.24, 2.45) is 0 Å². The van der Waals surface area contributed by atoms with Gasteiger partial charge in [-0.05, 0) is 34.3 Å². The number of nitrogens with zero attached hydrogens (tertiary/aromatic N) is 2. The summed E-state index contributed by atoms with van der Waals surface area (Å²) in [4.78, 5) is 0. The minimum atomic E-state index is -3.53. The SMILES string of the molecule is CCn1cc(NS(=O)(=O)c2sccc2Br)cn1. The quantitative estimate of drug-likeness (QED) is 0.933. The van der Waals surface area contributed by atoms with E-state index in [0.717, 1.165) is 11.3 Å². The van der Waals surface area contributed by atoms with E-state index < -0.39 is 10.0 Å². The molecule has 0 aliphatic rings. The van der Waals surface area contributed by atoms with Gasteiger partial charge in [-0.15, -0.1) is 11.3 Å². The molecule has 0 spiro atoms. The van der Waals surface area contributed by atoms with Crippen molar-refractivity contribution in [1.82, 2.24) is 9.78 Å². The van der Waals surface area contributed by atoms with Gasteiger partial charge in [0.15, 0.2) is 4.21 Å². The smallest absolute Gasteiger partial charge is 0.272 e. The van der Waals surface area contributed by atoms with Crippen molar-refractivity contribution in [3.8, 4) is 0 Å². The van der Waals surface area contributed by atoms with E-state index in [-0.39, 0.29) is 4.21 Å². The lowest BCUT2D eigenvalue weighted by Crippen LogP contribution is -2.11. The molecule has 2 rings (SSSR count). The summed E-state index contributed by atoms with van der Waals surface area (Å²) in [6.45, 7) is 2.63. The Hall–Kier alpha value is -0.860. The molecule has 0 saturated heterocycles. The van der Waals surface area contributed by atoms with Gasteiger partial charge in [0, 0.05) is 17.2 Å².